The van der Waals surface area contributed by atoms with E-state index >= 15 is 0 Å². The summed E-state index contributed by atoms with van der Waals surface area (Å²) >= 11 is 0. The molecule has 37 heavy (non-hydrogen) atoms. The Morgan fingerprint density at radius 1 is 1.08 bits per heavy atom. The van der Waals surface area contributed by atoms with Crippen LogP contribution in [0.5, 0.6) is 0 Å². The normalized spacial score (nSPS) is 13.6. The molecule has 0 aliphatic heterocycles. The Kier molecular flexibility index (Phi) is 9.75. The van der Waals surface area contributed by atoms with Gasteiger partial charge in [-0.2, -0.15) is 0 Å². The van der Waals surface area contributed by atoms with Crippen molar-refractivity contribution in [1.82, 2.24) is 5.32 Å². The molecule has 3 rings (SSSR count). The van der Waals surface area contributed by atoms with Gasteiger partial charge in [-0.25, -0.2) is 9.18 Å². The fourth-order valence-electron chi connectivity index (χ4n) is 4.07. The van der Waals surface area contributed by atoms with Gasteiger partial charge < -0.3 is 20.3 Å². The van der Waals surface area contributed by atoms with Gasteiger partial charge in [-0.05, 0) is 80.1 Å². The molecule has 0 saturated heterocycles. The second kappa shape index (κ2) is 12.8. The molecule has 0 bridgehead atoms. The van der Waals surface area contributed by atoms with Gasteiger partial charge in [-0.1, -0.05) is 60.7 Å². The van der Waals surface area contributed by atoms with Crippen molar-refractivity contribution < 1.29 is 24.1 Å². The highest BCUT2D eigenvalue weighted by Gasteiger charge is 2.20. The second-order valence-electron chi connectivity index (χ2n) is 10.0. The highest BCUT2D eigenvalue weighted by atomic mass is 19.1. The van der Waals surface area contributed by atoms with Gasteiger partial charge in [0, 0.05) is 12.1 Å². The van der Waals surface area contributed by atoms with Gasteiger partial charge in [0.15, 0.2) is 0 Å². The zero-order valence-corrected chi connectivity index (χ0v) is 21.9. The minimum absolute atomic E-state index is 0.165. The minimum Gasteiger partial charge on any atom is -0.478 e. The number of nitrogens with one attached hydrogen (secondary N) is 1. The topological polar surface area (TPSA) is 78.8 Å². The molecule has 0 heterocycles. The molecule has 3 N–H and O–H groups in total. The number of carboxylic acids is 1. The Labute approximate surface area is 218 Å². The smallest absolute Gasteiger partial charge is 0.335 e. The lowest BCUT2D eigenvalue weighted by atomic mass is 9.94. The Hall–Kier alpha value is -3.32. The van der Waals surface area contributed by atoms with E-state index in [0.29, 0.717) is 18.5 Å². The van der Waals surface area contributed by atoms with Crippen LogP contribution in [0.2, 0.25) is 0 Å². The fourth-order valence-corrected chi connectivity index (χ4v) is 4.07. The molecule has 2 atom stereocenters. The molecule has 0 aromatic heterocycles. The lowest BCUT2D eigenvalue weighted by Crippen LogP contribution is -2.46. The summed E-state index contributed by atoms with van der Waals surface area (Å²) in [6, 6.07) is 19.9. The van der Waals surface area contributed by atoms with Crippen LogP contribution in [0, 0.1) is 12.7 Å². The summed E-state index contributed by atoms with van der Waals surface area (Å²) in [5, 5.41) is 23.0. The monoisotopic (exact) mass is 505 g/mol. The molecule has 3 aromatic carbocycles. The molecule has 0 aliphatic rings. The van der Waals surface area contributed by atoms with E-state index in [-0.39, 0.29) is 29.6 Å². The molecule has 196 valence electrons. The van der Waals surface area contributed by atoms with Crippen LogP contribution in [0.15, 0.2) is 66.7 Å². The number of β-amino-alcohol motifs (C(OH)–C–C–N with tert-alkyl or cyclic N) is 1. The van der Waals surface area contributed by atoms with Crippen molar-refractivity contribution >= 4 is 18.1 Å². The molecular formula is C31H36FNO4. The number of halogens is 1. The predicted molar refractivity (Wildman–Crippen MR) is 146 cm³/mol. The lowest BCUT2D eigenvalue weighted by molar-refractivity contribution is -0.00424. The van der Waals surface area contributed by atoms with E-state index in [0.717, 1.165) is 22.3 Å². The average Bonchev–Trinajstić information content (AvgIpc) is 2.87. The van der Waals surface area contributed by atoms with Crippen LogP contribution in [0.1, 0.15) is 65.1 Å². The molecule has 0 aliphatic carbocycles. The number of ether oxygens (including phenoxy) is 1. The van der Waals surface area contributed by atoms with Gasteiger partial charge in [0.1, 0.15) is 5.82 Å². The van der Waals surface area contributed by atoms with Crippen molar-refractivity contribution in [3.8, 4) is 0 Å². The summed E-state index contributed by atoms with van der Waals surface area (Å²) in [4.78, 5) is 11.0. The predicted octanol–water partition coefficient (Wildman–Crippen LogP) is 6.05. The lowest BCUT2D eigenvalue weighted by Gasteiger charge is -2.28. The van der Waals surface area contributed by atoms with E-state index in [1.54, 1.807) is 43.3 Å². The maximum Gasteiger partial charge on any atom is 0.335 e. The Balaban J connectivity index is 1.53. The van der Waals surface area contributed by atoms with E-state index in [2.05, 4.69) is 5.32 Å². The Morgan fingerprint density at radius 2 is 1.78 bits per heavy atom. The van der Waals surface area contributed by atoms with E-state index in [9.17, 15) is 14.3 Å². The van der Waals surface area contributed by atoms with Crippen LogP contribution >= 0.6 is 0 Å². The van der Waals surface area contributed by atoms with Crippen LogP contribution < -0.4 is 5.32 Å². The summed E-state index contributed by atoms with van der Waals surface area (Å²) in [5.74, 6) is -1.16. The van der Waals surface area contributed by atoms with Gasteiger partial charge in [0.2, 0.25) is 0 Å². The maximum absolute atomic E-state index is 13.9. The SMILES string of the molecule is Cc1ccc(CC(C)(C)NC[C@H](O)COC(C)c2ccccc2C=Cc2ccc(C(=O)O)cc2)cc1F. The van der Waals surface area contributed by atoms with Crippen molar-refractivity contribution in [1.29, 1.82) is 0 Å². The summed E-state index contributed by atoms with van der Waals surface area (Å²) in [6.07, 6.45) is 3.59. The quantitative estimate of drug-likeness (QED) is 0.261. The average molecular weight is 506 g/mol. The highest BCUT2D eigenvalue weighted by molar-refractivity contribution is 5.88. The summed E-state index contributed by atoms with van der Waals surface area (Å²) in [7, 11) is 0. The van der Waals surface area contributed by atoms with E-state index in [4.69, 9.17) is 9.84 Å². The zero-order chi connectivity index (χ0) is 27.0. The fraction of sp³-hybridized carbons (Fsp3) is 0.323. The van der Waals surface area contributed by atoms with Crippen molar-refractivity contribution in [3.63, 3.8) is 0 Å². The zero-order valence-electron chi connectivity index (χ0n) is 21.9. The largest absolute Gasteiger partial charge is 0.478 e. The van der Waals surface area contributed by atoms with Crippen LogP contribution in [0.25, 0.3) is 12.2 Å². The van der Waals surface area contributed by atoms with E-state index in [1.165, 1.54) is 0 Å². The van der Waals surface area contributed by atoms with Crippen LogP contribution in [0.4, 0.5) is 4.39 Å². The van der Waals surface area contributed by atoms with Crippen LogP contribution in [-0.2, 0) is 11.2 Å². The molecule has 0 amide bonds. The first-order valence-corrected chi connectivity index (χ1v) is 12.4. The summed E-state index contributed by atoms with van der Waals surface area (Å²) in [6.45, 7) is 8.26. The van der Waals surface area contributed by atoms with Crippen molar-refractivity contribution in [2.45, 2.75) is 51.9 Å². The molecule has 0 saturated carbocycles. The maximum atomic E-state index is 13.9. The third-order valence-corrected chi connectivity index (χ3v) is 6.28. The van der Waals surface area contributed by atoms with Crippen LogP contribution in [0.3, 0.4) is 0 Å². The molecule has 0 spiro atoms. The second-order valence-corrected chi connectivity index (χ2v) is 10.0. The first-order chi connectivity index (χ1) is 17.5. The first-order valence-electron chi connectivity index (χ1n) is 12.4. The molecule has 0 radical (unpaired) electrons. The number of aliphatic hydroxyl groups is 1. The molecule has 0 fully saturated rings. The number of benzene rings is 3. The molecule has 3 aromatic rings. The summed E-state index contributed by atoms with van der Waals surface area (Å²) in [5.41, 5.74) is 4.32. The number of aliphatic hydroxyl groups excluding tert-OH is 1. The standard InChI is InChI=1S/C31H36FNO4/c1-21-9-10-24(17-29(21)32)18-31(3,4)33-19-27(34)20-37-22(2)28-8-6-5-7-25(28)14-11-23-12-15-26(16-13-23)30(35)36/h5-17,22,27,33-34H,18-20H2,1-4H3,(H,35,36)/t22?,27-/m0/s1. The van der Waals surface area contributed by atoms with Crippen molar-refractivity contribution in [3.05, 3.63) is 106 Å². The number of rotatable bonds is 12. The molecule has 6 heteroatoms. The van der Waals surface area contributed by atoms with Gasteiger partial charge in [-0.3, -0.25) is 0 Å². The minimum atomic E-state index is -0.950. The van der Waals surface area contributed by atoms with Gasteiger partial charge in [0.05, 0.1) is 24.4 Å². The van der Waals surface area contributed by atoms with Gasteiger partial charge in [0.25, 0.3) is 0 Å². The Bertz CT molecular complexity index is 1220. The van der Waals surface area contributed by atoms with Crippen molar-refractivity contribution in [2.24, 2.45) is 0 Å². The third kappa shape index (κ3) is 8.64. The van der Waals surface area contributed by atoms with Crippen LogP contribution in [-0.4, -0.2) is 41.0 Å². The number of aryl methyl sites for hydroxylation is 1. The third-order valence-electron chi connectivity index (χ3n) is 6.28. The first kappa shape index (κ1) is 28.3. The number of hydrogen-bond donors (Lipinski definition) is 3. The van der Waals surface area contributed by atoms with Gasteiger partial charge in [-0.15, -0.1) is 0 Å². The van der Waals surface area contributed by atoms with Gasteiger partial charge >= 0.3 is 5.97 Å². The van der Waals surface area contributed by atoms with Crippen molar-refractivity contribution in [2.75, 3.05) is 13.2 Å². The number of carbonyl (C=O) groups is 1. The molecular weight excluding hydrogens is 469 g/mol. The number of carboxylic acid groups (broad SMARTS) is 1. The van der Waals surface area contributed by atoms with E-state index < -0.39 is 12.1 Å². The summed E-state index contributed by atoms with van der Waals surface area (Å²) < 4.78 is 19.9. The molecule has 1 unspecified atom stereocenters. The Morgan fingerprint density at radius 3 is 2.46 bits per heavy atom. The van der Waals surface area contributed by atoms with E-state index in [1.807, 2.05) is 63.3 Å². The number of hydrogen-bond acceptors (Lipinski definition) is 4. The number of aromatic carboxylic acids is 1. The highest BCUT2D eigenvalue weighted by Crippen LogP contribution is 2.23. The molecule has 5 nitrogen and oxygen atoms in total.